The van der Waals surface area contributed by atoms with E-state index in [9.17, 15) is 0 Å². The largest absolute Gasteiger partial charge is 0.370 e. The molecule has 0 aliphatic heterocycles. The summed E-state index contributed by atoms with van der Waals surface area (Å²) in [4.78, 5) is 8.78. The van der Waals surface area contributed by atoms with Crippen LogP contribution in [-0.2, 0) is 0 Å². The quantitative estimate of drug-likeness (QED) is 0.787. The zero-order chi connectivity index (χ0) is 14.5. The third kappa shape index (κ3) is 4.62. The fourth-order valence-electron chi connectivity index (χ4n) is 2.81. The number of hydrogen-bond acceptors (Lipinski definition) is 3. The summed E-state index contributed by atoms with van der Waals surface area (Å²) in [5, 5.41) is 3.93. The first-order valence-corrected chi connectivity index (χ1v) is 8.20. The minimum absolute atomic E-state index is 0.300. The molecule has 1 aliphatic carbocycles. The lowest BCUT2D eigenvalue weighted by Gasteiger charge is -2.26. The maximum atomic E-state index is 6.05. The third-order valence-electron chi connectivity index (χ3n) is 4.22. The normalized spacial score (nSPS) is 23.1. The van der Waals surface area contributed by atoms with Crippen molar-refractivity contribution >= 4 is 17.4 Å². The number of nitrogens with one attached hydrogen (secondary N) is 1. The highest BCUT2D eigenvalue weighted by Gasteiger charge is 2.17. The molecule has 1 fully saturated rings. The first-order chi connectivity index (χ1) is 9.54. The van der Waals surface area contributed by atoms with Crippen molar-refractivity contribution in [3.63, 3.8) is 0 Å². The highest BCUT2D eigenvalue weighted by molar-refractivity contribution is 6.29. The van der Waals surface area contributed by atoms with Gasteiger partial charge in [-0.05, 0) is 18.3 Å². The van der Waals surface area contributed by atoms with Gasteiger partial charge in [-0.1, -0.05) is 58.1 Å². The lowest BCUT2D eigenvalue weighted by Crippen LogP contribution is -2.16. The molecule has 0 atom stereocenters. The van der Waals surface area contributed by atoms with E-state index in [2.05, 4.69) is 36.1 Å². The minimum Gasteiger partial charge on any atom is -0.370 e. The first kappa shape index (κ1) is 15.6. The summed E-state index contributed by atoms with van der Waals surface area (Å²) < 4.78 is 0. The third-order valence-corrected chi connectivity index (χ3v) is 4.42. The summed E-state index contributed by atoms with van der Waals surface area (Å²) in [7, 11) is 0. The summed E-state index contributed by atoms with van der Waals surface area (Å²) in [5.41, 5.74) is 0. The Kier molecular flexibility index (Phi) is 5.64. The van der Waals surface area contributed by atoms with Crippen molar-refractivity contribution in [2.75, 3.05) is 11.9 Å². The monoisotopic (exact) mass is 295 g/mol. The molecule has 1 heterocycles. The second-order valence-electron chi connectivity index (χ2n) is 6.43. The second kappa shape index (κ2) is 7.26. The van der Waals surface area contributed by atoms with E-state index in [-0.39, 0.29) is 0 Å². The van der Waals surface area contributed by atoms with Gasteiger partial charge in [0.15, 0.2) is 0 Å². The maximum Gasteiger partial charge on any atom is 0.135 e. The molecule has 2 rings (SSSR count). The lowest BCUT2D eigenvalue weighted by molar-refractivity contribution is 0.282. The molecule has 1 aliphatic rings. The van der Waals surface area contributed by atoms with E-state index in [0.29, 0.717) is 11.1 Å². The molecule has 0 bridgehead atoms. The fourth-order valence-corrected chi connectivity index (χ4v) is 3.00. The minimum atomic E-state index is 0.300. The Hall–Kier alpha value is -0.830. The van der Waals surface area contributed by atoms with Gasteiger partial charge >= 0.3 is 0 Å². The summed E-state index contributed by atoms with van der Waals surface area (Å²) >= 11 is 6.05. The smallest absolute Gasteiger partial charge is 0.135 e. The van der Waals surface area contributed by atoms with Crippen molar-refractivity contribution in [1.29, 1.82) is 0 Å². The number of anilines is 1. The standard InChI is InChI=1S/C16H26ClN3/c1-11(2)16-19-14(17)10-15(20-16)18-9-8-13-6-4-12(3)5-7-13/h10-13H,4-9H2,1-3H3,(H,18,19,20). The molecule has 0 aromatic carbocycles. The molecule has 1 N–H and O–H groups in total. The molecule has 0 radical (unpaired) electrons. The van der Waals surface area contributed by atoms with Gasteiger partial charge in [-0.15, -0.1) is 0 Å². The number of hydrogen-bond donors (Lipinski definition) is 1. The second-order valence-corrected chi connectivity index (χ2v) is 6.82. The Labute approximate surface area is 127 Å². The van der Waals surface area contributed by atoms with Crippen LogP contribution in [-0.4, -0.2) is 16.5 Å². The van der Waals surface area contributed by atoms with Crippen LogP contribution in [0.4, 0.5) is 5.82 Å². The summed E-state index contributed by atoms with van der Waals surface area (Å²) in [6.07, 6.45) is 6.77. The number of halogens is 1. The van der Waals surface area contributed by atoms with E-state index >= 15 is 0 Å². The van der Waals surface area contributed by atoms with Gasteiger partial charge in [0, 0.05) is 18.5 Å². The summed E-state index contributed by atoms with van der Waals surface area (Å²) in [5.74, 6) is 3.77. The Bertz CT molecular complexity index is 426. The van der Waals surface area contributed by atoms with Crippen LogP contribution in [0.5, 0.6) is 0 Å². The fraction of sp³-hybridized carbons (Fsp3) is 0.750. The summed E-state index contributed by atoms with van der Waals surface area (Å²) in [6, 6.07) is 1.82. The van der Waals surface area contributed by atoms with Crippen LogP contribution < -0.4 is 5.32 Å². The SMILES string of the molecule is CC1CCC(CCNc2cc(Cl)nc(C(C)C)n2)CC1. The van der Waals surface area contributed by atoms with Crippen LogP contribution in [0.3, 0.4) is 0 Å². The van der Waals surface area contributed by atoms with Crippen molar-refractivity contribution in [1.82, 2.24) is 9.97 Å². The van der Waals surface area contributed by atoms with Crippen molar-refractivity contribution < 1.29 is 0 Å². The van der Waals surface area contributed by atoms with Gasteiger partial charge in [-0.2, -0.15) is 0 Å². The van der Waals surface area contributed by atoms with Crippen LogP contribution in [0.1, 0.15) is 64.6 Å². The highest BCUT2D eigenvalue weighted by Crippen LogP contribution is 2.30. The molecular formula is C16H26ClN3. The van der Waals surface area contributed by atoms with E-state index in [4.69, 9.17) is 11.6 Å². The van der Waals surface area contributed by atoms with Crippen molar-refractivity contribution in [3.8, 4) is 0 Å². The van der Waals surface area contributed by atoms with Crippen molar-refractivity contribution in [3.05, 3.63) is 17.0 Å². The average molecular weight is 296 g/mol. The molecule has 1 aromatic heterocycles. The van der Waals surface area contributed by atoms with Gasteiger partial charge < -0.3 is 5.32 Å². The first-order valence-electron chi connectivity index (χ1n) is 7.83. The Morgan fingerprint density at radius 3 is 2.60 bits per heavy atom. The predicted molar refractivity (Wildman–Crippen MR) is 85.4 cm³/mol. The molecule has 4 heteroatoms. The Morgan fingerprint density at radius 2 is 1.95 bits per heavy atom. The van der Waals surface area contributed by atoms with Gasteiger partial charge in [0.25, 0.3) is 0 Å². The molecule has 112 valence electrons. The van der Waals surface area contributed by atoms with Gasteiger partial charge in [-0.3, -0.25) is 0 Å². The van der Waals surface area contributed by atoms with E-state index in [0.717, 1.165) is 30.0 Å². The molecule has 20 heavy (non-hydrogen) atoms. The van der Waals surface area contributed by atoms with Gasteiger partial charge in [-0.25, -0.2) is 9.97 Å². The molecule has 0 unspecified atom stereocenters. The zero-order valence-electron chi connectivity index (χ0n) is 12.8. The molecule has 0 saturated heterocycles. The predicted octanol–water partition coefficient (Wildman–Crippen LogP) is 4.88. The average Bonchev–Trinajstić information content (AvgIpc) is 2.40. The van der Waals surface area contributed by atoms with E-state index < -0.39 is 0 Å². The lowest BCUT2D eigenvalue weighted by atomic mass is 9.81. The van der Waals surface area contributed by atoms with Crippen LogP contribution in [0.2, 0.25) is 5.15 Å². The Balaban J connectivity index is 1.82. The molecule has 0 amide bonds. The van der Waals surface area contributed by atoms with Crippen LogP contribution in [0, 0.1) is 11.8 Å². The number of aromatic nitrogens is 2. The Morgan fingerprint density at radius 1 is 1.25 bits per heavy atom. The molecular weight excluding hydrogens is 270 g/mol. The van der Waals surface area contributed by atoms with E-state index in [1.165, 1.54) is 32.1 Å². The van der Waals surface area contributed by atoms with Gasteiger partial charge in [0.05, 0.1) is 0 Å². The van der Waals surface area contributed by atoms with Crippen LogP contribution in [0.25, 0.3) is 0 Å². The molecule has 0 spiro atoms. The van der Waals surface area contributed by atoms with Gasteiger partial charge in [0.1, 0.15) is 16.8 Å². The highest BCUT2D eigenvalue weighted by atomic mass is 35.5. The van der Waals surface area contributed by atoms with Crippen molar-refractivity contribution in [2.45, 2.75) is 58.8 Å². The van der Waals surface area contributed by atoms with Crippen molar-refractivity contribution in [2.24, 2.45) is 11.8 Å². The number of rotatable bonds is 5. The maximum absolute atomic E-state index is 6.05. The molecule has 3 nitrogen and oxygen atoms in total. The molecule has 1 saturated carbocycles. The van der Waals surface area contributed by atoms with E-state index in [1.54, 1.807) is 0 Å². The van der Waals surface area contributed by atoms with Gasteiger partial charge in [0.2, 0.25) is 0 Å². The number of nitrogens with zero attached hydrogens (tertiary/aromatic N) is 2. The van der Waals surface area contributed by atoms with Crippen LogP contribution >= 0.6 is 11.6 Å². The van der Waals surface area contributed by atoms with Crippen LogP contribution in [0.15, 0.2) is 6.07 Å². The van der Waals surface area contributed by atoms with E-state index in [1.807, 2.05) is 6.07 Å². The zero-order valence-corrected chi connectivity index (χ0v) is 13.6. The topological polar surface area (TPSA) is 37.8 Å². The molecule has 1 aromatic rings. The summed E-state index contributed by atoms with van der Waals surface area (Å²) in [6.45, 7) is 7.51.